The molecule has 0 aliphatic carbocycles. The van der Waals surface area contributed by atoms with Crippen LogP contribution in [0.1, 0.15) is 41.0 Å². The van der Waals surface area contributed by atoms with Gasteiger partial charge in [-0.25, -0.2) is 4.79 Å². The van der Waals surface area contributed by atoms with Crippen molar-refractivity contribution in [3.8, 4) is 0 Å². The Kier molecular flexibility index (Phi) is 5.39. The molecule has 1 atom stereocenters. The molecule has 116 valence electrons. The summed E-state index contributed by atoms with van der Waals surface area (Å²) in [6.45, 7) is 10.7. The maximum Gasteiger partial charge on any atom is 0.410 e. The SMILES string of the molecule is CC(C)N(C(=O)OC(C)(C)C)[C@H]1CCN(CC(=O)O)C1. The number of amides is 1. The maximum absolute atomic E-state index is 12.3. The van der Waals surface area contributed by atoms with E-state index >= 15 is 0 Å². The minimum atomic E-state index is -0.834. The molecule has 0 aromatic heterocycles. The van der Waals surface area contributed by atoms with Crippen LogP contribution in [0.5, 0.6) is 0 Å². The highest BCUT2D eigenvalue weighted by atomic mass is 16.6. The maximum atomic E-state index is 12.3. The van der Waals surface area contributed by atoms with Gasteiger partial charge in [-0.15, -0.1) is 0 Å². The summed E-state index contributed by atoms with van der Waals surface area (Å²) in [4.78, 5) is 26.6. The van der Waals surface area contributed by atoms with Gasteiger partial charge in [-0.2, -0.15) is 0 Å². The van der Waals surface area contributed by atoms with Crippen molar-refractivity contribution in [3.05, 3.63) is 0 Å². The summed E-state index contributed by atoms with van der Waals surface area (Å²) in [5.74, 6) is -0.834. The zero-order valence-electron chi connectivity index (χ0n) is 13.0. The fourth-order valence-electron chi connectivity index (χ4n) is 2.47. The van der Waals surface area contributed by atoms with E-state index in [-0.39, 0.29) is 24.7 Å². The highest BCUT2D eigenvalue weighted by Gasteiger charge is 2.35. The number of aliphatic carboxylic acids is 1. The van der Waals surface area contributed by atoms with Gasteiger partial charge in [-0.05, 0) is 41.0 Å². The molecule has 20 heavy (non-hydrogen) atoms. The number of carbonyl (C=O) groups excluding carboxylic acids is 1. The van der Waals surface area contributed by atoms with Gasteiger partial charge < -0.3 is 14.7 Å². The van der Waals surface area contributed by atoms with E-state index in [4.69, 9.17) is 9.84 Å². The molecular formula is C14H26N2O4. The molecule has 6 nitrogen and oxygen atoms in total. The molecule has 0 aromatic rings. The number of likely N-dealkylation sites (tertiary alicyclic amines) is 1. The summed E-state index contributed by atoms with van der Waals surface area (Å²) in [7, 11) is 0. The molecule has 1 aliphatic rings. The molecule has 0 spiro atoms. The third-order valence-electron chi connectivity index (χ3n) is 3.16. The Labute approximate surface area is 120 Å². The quantitative estimate of drug-likeness (QED) is 0.853. The molecule has 0 bridgehead atoms. The molecule has 0 radical (unpaired) electrons. The number of carboxylic acid groups (broad SMARTS) is 1. The molecule has 1 saturated heterocycles. The first kappa shape index (κ1) is 16.8. The minimum Gasteiger partial charge on any atom is -0.480 e. The monoisotopic (exact) mass is 286 g/mol. The van der Waals surface area contributed by atoms with E-state index in [1.54, 1.807) is 4.90 Å². The molecule has 0 aromatic carbocycles. The second-order valence-electron chi connectivity index (χ2n) is 6.55. The van der Waals surface area contributed by atoms with Gasteiger partial charge in [-0.1, -0.05) is 0 Å². The van der Waals surface area contributed by atoms with Gasteiger partial charge in [0.25, 0.3) is 0 Å². The van der Waals surface area contributed by atoms with Crippen molar-refractivity contribution in [2.45, 2.75) is 58.7 Å². The third kappa shape index (κ3) is 5.00. The minimum absolute atomic E-state index is 0.0178. The van der Waals surface area contributed by atoms with Crippen LogP contribution < -0.4 is 0 Å². The van der Waals surface area contributed by atoms with Gasteiger partial charge in [0.05, 0.1) is 6.54 Å². The highest BCUT2D eigenvalue weighted by Crippen LogP contribution is 2.21. The molecule has 1 heterocycles. The van der Waals surface area contributed by atoms with E-state index in [2.05, 4.69) is 0 Å². The smallest absolute Gasteiger partial charge is 0.410 e. The van der Waals surface area contributed by atoms with E-state index in [0.29, 0.717) is 13.1 Å². The van der Waals surface area contributed by atoms with Crippen molar-refractivity contribution in [1.29, 1.82) is 0 Å². The largest absolute Gasteiger partial charge is 0.480 e. The lowest BCUT2D eigenvalue weighted by atomic mass is 10.2. The number of hydrogen-bond donors (Lipinski definition) is 1. The van der Waals surface area contributed by atoms with Gasteiger partial charge in [0.2, 0.25) is 0 Å². The Morgan fingerprint density at radius 3 is 2.45 bits per heavy atom. The first-order chi connectivity index (χ1) is 9.10. The van der Waals surface area contributed by atoms with E-state index in [1.165, 1.54) is 0 Å². The number of hydrogen-bond acceptors (Lipinski definition) is 4. The Balaban J connectivity index is 2.68. The lowest BCUT2D eigenvalue weighted by molar-refractivity contribution is -0.138. The zero-order chi connectivity index (χ0) is 15.5. The van der Waals surface area contributed by atoms with Gasteiger partial charge in [0.15, 0.2) is 0 Å². The second kappa shape index (κ2) is 6.43. The van der Waals surface area contributed by atoms with E-state index in [0.717, 1.165) is 6.42 Å². The normalized spacial score (nSPS) is 20.2. The Hall–Kier alpha value is -1.30. The van der Waals surface area contributed by atoms with Crippen LogP contribution in [0.3, 0.4) is 0 Å². The van der Waals surface area contributed by atoms with Crippen LogP contribution in [0.2, 0.25) is 0 Å². The van der Waals surface area contributed by atoms with Crippen LogP contribution in [-0.4, -0.2) is 64.3 Å². The summed E-state index contributed by atoms with van der Waals surface area (Å²) in [5.41, 5.74) is -0.524. The van der Waals surface area contributed by atoms with Crippen LogP contribution in [0.25, 0.3) is 0 Å². The number of ether oxygens (including phenoxy) is 1. The van der Waals surface area contributed by atoms with Crippen molar-refractivity contribution in [2.24, 2.45) is 0 Å². The topological polar surface area (TPSA) is 70.1 Å². The molecule has 1 amide bonds. The highest BCUT2D eigenvalue weighted by molar-refractivity contribution is 5.70. The molecule has 1 fully saturated rings. The van der Waals surface area contributed by atoms with Crippen molar-refractivity contribution < 1.29 is 19.4 Å². The van der Waals surface area contributed by atoms with Crippen molar-refractivity contribution in [3.63, 3.8) is 0 Å². The third-order valence-corrected chi connectivity index (χ3v) is 3.16. The van der Waals surface area contributed by atoms with Gasteiger partial charge >= 0.3 is 12.1 Å². The standard InChI is InChI=1S/C14H26N2O4/c1-10(2)16(13(19)20-14(3,4)5)11-6-7-15(8-11)9-12(17)18/h10-11H,6-9H2,1-5H3,(H,17,18)/t11-/m0/s1. The molecule has 0 unspecified atom stereocenters. The van der Waals surface area contributed by atoms with Crippen LogP contribution in [0, 0.1) is 0 Å². The molecule has 0 saturated carbocycles. The lowest BCUT2D eigenvalue weighted by Crippen LogP contribution is -2.48. The molecule has 1 aliphatic heterocycles. The summed E-state index contributed by atoms with van der Waals surface area (Å²) < 4.78 is 5.44. The number of nitrogens with zero attached hydrogens (tertiary/aromatic N) is 2. The predicted octanol–water partition coefficient (Wildman–Crippen LogP) is 1.79. The van der Waals surface area contributed by atoms with Crippen LogP contribution >= 0.6 is 0 Å². The number of carboxylic acids is 1. The van der Waals surface area contributed by atoms with Crippen molar-refractivity contribution >= 4 is 12.1 Å². The van der Waals surface area contributed by atoms with Gasteiger partial charge in [0.1, 0.15) is 5.60 Å². The summed E-state index contributed by atoms with van der Waals surface area (Å²) >= 11 is 0. The van der Waals surface area contributed by atoms with Gasteiger partial charge in [0, 0.05) is 25.2 Å². The predicted molar refractivity (Wildman–Crippen MR) is 75.7 cm³/mol. The van der Waals surface area contributed by atoms with E-state index < -0.39 is 11.6 Å². The molecule has 6 heteroatoms. The summed E-state index contributed by atoms with van der Waals surface area (Å²) in [6.07, 6.45) is 0.458. The second-order valence-corrected chi connectivity index (χ2v) is 6.55. The summed E-state index contributed by atoms with van der Waals surface area (Å²) in [5, 5.41) is 8.82. The first-order valence-electron chi connectivity index (χ1n) is 7.05. The Bertz CT molecular complexity index is 363. The van der Waals surface area contributed by atoms with Gasteiger partial charge in [-0.3, -0.25) is 9.69 Å². The average molecular weight is 286 g/mol. The van der Waals surface area contributed by atoms with Crippen molar-refractivity contribution in [1.82, 2.24) is 9.80 Å². The fourth-order valence-corrected chi connectivity index (χ4v) is 2.47. The first-order valence-corrected chi connectivity index (χ1v) is 7.05. The summed E-state index contributed by atoms with van der Waals surface area (Å²) in [6, 6.07) is 0.0452. The molecule has 1 rings (SSSR count). The number of carbonyl (C=O) groups is 2. The lowest BCUT2D eigenvalue weighted by Gasteiger charge is -2.34. The average Bonchev–Trinajstić information content (AvgIpc) is 2.61. The van der Waals surface area contributed by atoms with Crippen molar-refractivity contribution in [2.75, 3.05) is 19.6 Å². The number of rotatable bonds is 4. The zero-order valence-corrected chi connectivity index (χ0v) is 13.0. The van der Waals surface area contributed by atoms with Crippen LogP contribution in [0.4, 0.5) is 4.79 Å². The van der Waals surface area contributed by atoms with Crippen LogP contribution in [-0.2, 0) is 9.53 Å². The van der Waals surface area contributed by atoms with E-state index in [1.807, 2.05) is 39.5 Å². The van der Waals surface area contributed by atoms with E-state index in [9.17, 15) is 9.59 Å². The molecule has 1 N–H and O–H groups in total. The Morgan fingerprint density at radius 2 is 2.00 bits per heavy atom. The van der Waals surface area contributed by atoms with Crippen LogP contribution in [0.15, 0.2) is 0 Å². The fraction of sp³-hybridized carbons (Fsp3) is 0.857. The molecular weight excluding hydrogens is 260 g/mol. The Morgan fingerprint density at radius 1 is 1.40 bits per heavy atom.